The maximum absolute atomic E-state index is 2.45. The lowest BCUT2D eigenvalue weighted by molar-refractivity contribution is 0.242. The molecule has 122 valence electrons. The highest BCUT2D eigenvalue weighted by Gasteiger charge is 2.37. The monoisotopic (exact) mass is 324 g/mol. The van der Waals surface area contributed by atoms with Crippen LogP contribution in [0.5, 0.6) is 0 Å². The second-order valence-corrected chi connectivity index (χ2v) is 9.87. The molecular weight excluding hydrogens is 295 g/mol. The quantitative estimate of drug-likeness (QED) is 0.644. The first-order valence-electron chi connectivity index (χ1n) is 9.06. The van der Waals surface area contributed by atoms with Gasteiger partial charge in [0, 0.05) is 0 Å². The maximum atomic E-state index is 2.45. The van der Waals surface area contributed by atoms with E-state index >= 15 is 0 Å². The minimum absolute atomic E-state index is 0.267. The van der Waals surface area contributed by atoms with Crippen LogP contribution >= 0.6 is 7.92 Å². The average molecular weight is 324 g/mol. The van der Waals surface area contributed by atoms with Crippen molar-refractivity contribution >= 4 is 18.5 Å². The number of rotatable bonds is 4. The summed E-state index contributed by atoms with van der Waals surface area (Å²) < 4.78 is 0. The second-order valence-electron chi connectivity index (χ2n) is 7.43. The molecule has 0 heterocycles. The molecule has 1 aliphatic carbocycles. The summed E-state index contributed by atoms with van der Waals surface area (Å²) in [4.78, 5) is 0. The van der Waals surface area contributed by atoms with Crippen molar-refractivity contribution in [2.45, 2.75) is 45.7 Å². The van der Waals surface area contributed by atoms with Gasteiger partial charge in [-0.3, -0.25) is 0 Å². The zero-order valence-electron chi connectivity index (χ0n) is 14.7. The molecule has 2 aromatic carbocycles. The Morgan fingerprint density at radius 3 is 1.83 bits per heavy atom. The Balaban J connectivity index is 2.03. The summed E-state index contributed by atoms with van der Waals surface area (Å²) in [7, 11) is -0.267. The Kier molecular flexibility index (Phi) is 5.54. The van der Waals surface area contributed by atoms with Crippen molar-refractivity contribution in [2.24, 2.45) is 17.8 Å². The topological polar surface area (TPSA) is 0 Å². The van der Waals surface area contributed by atoms with E-state index in [1.165, 1.54) is 19.3 Å². The van der Waals surface area contributed by atoms with Crippen molar-refractivity contribution < 1.29 is 0 Å². The first-order valence-corrected chi connectivity index (χ1v) is 10.5. The van der Waals surface area contributed by atoms with Gasteiger partial charge in [-0.15, -0.1) is 0 Å². The van der Waals surface area contributed by atoms with Crippen molar-refractivity contribution in [3.05, 3.63) is 60.7 Å². The summed E-state index contributed by atoms with van der Waals surface area (Å²) in [5.41, 5.74) is 0.818. The van der Waals surface area contributed by atoms with Crippen LogP contribution in [0.15, 0.2) is 60.7 Å². The van der Waals surface area contributed by atoms with Crippen molar-refractivity contribution in [1.29, 1.82) is 0 Å². The minimum atomic E-state index is -0.267. The van der Waals surface area contributed by atoms with E-state index in [2.05, 4.69) is 81.4 Å². The first-order chi connectivity index (χ1) is 11.2. The van der Waals surface area contributed by atoms with Gasteiger partial charge in [0.2, 0.25) is 0 Å². The van der Waals surface area contributed by atoms with Crippen LogP contribution in [-0.4, -0.2) is 5.66 Å². The molecule has 0 aromatic heterocycles. The lowest BCUT2D eigenvalue weighted by Gasteiger charge is -2.42. The largest absolute Gasteiger partial charge is 0.0625 e. The zero-order valence-corrected chi connectivity index (χ0v) is 15.5. The third-order valence-electron chi connectivity index (χ3n) is 5.39. The molecule has 0 nitrogen and oxygen atoms in total. The van der Waals surface area contributed by atoms with Gasteiger partial charge in [-0.1, -0.05) is 87.9 Å². The van der Waals surface area contributed by atoms with Crippen molar-refractivity contribution in [1.82, 2.24) is 0 Å². The Morgan fingerprint density at radius 2 is 1.35 bits per heavy atom. The Bertz CT molecular complexity index is 550. The third-order valence-corrected chi connectivity index (χ3v) is 8.35. The van der Waals surface area contributed by atoms with Crippen molar-refractivity contribution in [3.8, 4) is 0 Å². The Morgan fingerprint density at radius 1 is 0.826 bits per heavy atom. The third kappa shape index (κ3) is 3.86. The summed E-state index contributed by atoms with van der Waals surface area (Å²) in [6.45, 7) is 7.31. The van der Waals surface area contributed by atoms with Gasteiger partial charge in [-0.2, -0.15) is 0 Å². The molecule has 3 rings (SSSR count). The fourth-order valence-corrected chi connectivity index (χ4v) is 7.66. The molecule has 1 fully saturated rings. The summed E-state index contributed by atoms with van der Waals surface area (Å²) in [5.74, 6) is 2.51. The van der Waals surface area contributed by atoms with E-state index < -0.39 is 0 Å². The standard InChI is InChI=1S/C22H29P/c1-17(2)21-15-14-18(3)16-22(21)23(19-10-6-4-7-11-19)20-12-8-5-9-13-20/h4-13,17-18,21-22H,14-16H2,1-3H3. The molecule has 0 saturated heterocycles. The summed E-state index contributed by atoms with van der Waals surface area (Å²) in [6, 6.07) is 22.6. The molecule has 3 unspecified atom stereocenters. The Labute approximate surface area is 143 Å². The molecule has 3 atom stereocenters. The smallest absolute Gasteiger partial charge is 0.00955 e. The normalized spacial score (nSPS) is 25.0. The molecule has 1 aliphatic rings. The number of benzene rings is 2. The van der Waals surface area contributed by atoms with Crippen LogP contribution in [0.2, 0.25) is 0 Å². The van der Waals surface area contributed by atoms with E-state index in [1.54, 1.807) is 10.6 Å². The fourth-order valence-electron chi connectivity index (χ4n) is 4.16. The molecule has 0 bridgehead atoms. The van der Waals surface area contributed by atoms with Crippen LogP contribution in [0.1, 0.15) is 40.0 Å². The predicted molar refractivity (Wildman–Crippen MR) is 104 cm³/mol. The van der Waals surface area contributed by atoms with Gasteiger partial charge in [-0.05, 0) is 54.8 Å². The molecule has 1 heteroatoms. The molecule has 0 N–H and O–H groups in total. The Hall–Kier alpha value is -1.13. The van der Waals surface area contributed by atoms with E-state index in [1.807, 2.05) is 0 Å². The van der Waals surface area contributed by atoms with E-state index in [0.717, 1.165) is 23.4 Å². The highest BCUT2D eigenvalue weighted by atomic mass is 31.1. The maximum Gasteiger partial charge on any atom is -0.00955 e. The van der Waals surface area contributed by atoms with Crippen LogP contribution in [0.3, 0.4) is 0 Å². The minimum Gasteiger partial charge on any atom is -0.0625 e. The average Bonchev–Trinajstić information content (AvgIpc) is 2.57. The fraction of sp³-hybridized carbons (Fsp3) is 0.455. The highest BCUT2D eigenvalue weighted by molar-refractivity contribution is 7.73. The van der Waals surface area contributed by atoms with E-state index in [4.69, 9.17) is 0 Å². The molecule has 0 amide bonds. The van der Waals surface area contributed by atoms with Crippen molar-refractivity contribution in [2.75, 3.05) is 0 Å². The highest BCUT2D eigenvalue weighted by Crippen LogP contribution is 2.51. The molecule has 23 heavy (non-hydrogen) atoms. The van der Waals surface area contributed by atoms with Gasteiger partial charge in [0.25, 0.3) is 0 Å². The molecule has 2 aromatic rings. The SMILES string of the molecule is CC1CCC(C(C)C)C(P(c2ccccc2)c2ccccc2)C1. The molecular formula is C22H29P. The molecule has 0 aliphatic heterocycles. The molecule has 1 saturated carbocycles. The van der Waals surface area contributed by atoms with Crippen molar-refractivity contribution in [3.63, 3.8) is 0 Å². The lowest BCUT2D eigenvalue weighted by atomic mass is 9.77. The van der Waals surface area contributed by atoms with Gasteiger partial charge >= 0.3 is 0 Å². The van der Waals surface area contributed by atoms with Crippen LogP contribution in [0.25, 0.3) is 0 Å². The number of hydrogen-bond acceptors (Lipinski definition) is 0. The molecule has 0 spiro atoms. The van der Waals surface area contributed by atoms with E-state index in [-0.39, 0.29) is 7.92 Å². The van der Waals surface area contributed by atoms with Gasteiger partial charge < -0.3 is 0 Å². The van der Waals surface area contributed by atoms with Gasteiger partial charge in [0.1, 0.15) is 0 Å². The van der Waals surface area contributed by atoms with Gasteiger partial charge in [-0.25, -0.2) is 0 Å². The van der Waals surface area contributed by atoms with Gasteiger partial charge in [0.15, 0.2) is 0 Å². The summed E-state index contributed by atoms with van der Waals surface area (Å²) in [5, 5.41) is 3.11. The second kappa shape index (κ2) is 7.63. The van der Waals surface area contributed by atoms with Crippen LogP contribution in [-0.2, 0) is 0 Å². The zero-order chi connectivity index (χ0) is 16.2. The van der Waals surface area contributed by atoms with Crippen LogP contribution < -0.4 is 10.6 Å². The van der Waals surface area contributed by atoms with Crippen LogP contribution in [0, 0.1) is 17.8 Å². The van der Waals surface area contributed by atoms with Gasteiger partial charge in [0.05, 0.1) is 0 Å². The summed E-state index contributed by atoms with van der Waals surface area (Å²) >= 11 is 0. The van der Waals surface area contributed by atoms with E-state index in [0.29, 0.717) is 0 Å². The molecule has 0 radical (unpaired) electrons. The number of hydrogen-bond donors (Lipinski definition) is 0. The lowest BCUT2D eigenvalue weighted by Crippen LogP contribution is -2.35. The van der Waals surface area contributed by atoms with E-state index in [9.17, 15) is 0 Å². The van der Waals surface area contributed by atoms with Crippen LogP contribution in [0.4, 0.5) is 0 Å². The summed E-state index contributed by atoms with van der Waals surface area (Å²) in [6.07, 6.45) is 4.20. The first kappa shape index (κ1) is 16.7. The predicted octanol–water partition coefficient (Wildman–Crippen LogP) is 5.58.